The van der Waals surface area contributed by atoms with Crippen molar-refractivity contribution in [2.45, 2.75) is 19.3 Å². The number of nitrogens with one attached hydrogen (secondary N) is 1. The van der Waals surface area contributed by atoms with Gasteiger partial charge in [-0.2, -0.15) is 0 Å². The molecule has 3 heteroatoms. The lowest BCUT2D eigenvalue weighted by atomic mass is 10.1. The molecule has 1 aliphatic heterocycles. The lowest BCUT2D eigenvalue weighted by Gasteiger charge is -2.04. The first kappa shape index (κ1) is 10.7. The van der Waals surface area contributed by atoms with E-state index in [2.05, 4.69) is 29.6 Å². The van der Waals surface area contributed by atoms with Crippen LogP contribution in [0.1, 0.15) is 21.9 Å². The first-order chi connectivity index (χ1) is 8.90. The van der Waals surface area contributed by atoms with E-state index in [1.807, 2.05) is 11.3 Å². The third-order valence-corrected chi connectivity index (χ3v) is 5.07. The van der Waals surface area contributed by atoms with Crippen molar-refractivity contribution in [1.82, 2.24) is 10.3 Å². The van der Waals surface area contributed by atoms with Gasteiger partial charge in [-0.15, -0.1) is 11.3 Å². The number of nitrogens with zero attached hydrogens (tertiary/aromatic N) is 1. The molecule has 1 N–H and O–H groups in total. The van der Waals surface area contributed by atoms with Gasteiger partial charge in [0.05, 0.1) is 10.7 Å². The SMILES string of the molecule is c1ccc2c(c1)Cc1sc(C[C@H]3CCNC3)nc1-2. The molecule has 2 nitrogen and oxygen atoms in total. The molecule has 0 bridgehead atoms. The molecular weight excluding hydrogens is 240 g/mol. The van der Waals surface area contributed by atoms with Gasteiger partial charge >= 0.3 is 0 Å². The number of aromatic nitrogens is 1. The van der Waals surface area contributed by atoms with Crippen molar-refractivity contribution in [3.63, 3.8) is 0 Å². The van der Waals surface area contributed by atoms with E-state index in [1.54, 1.807) is 0 Å². The summed E-state index contributed by atoms with van der Waals surface area (Å²) in [6.45, 7) is 2.35. The van der Waals surface area contributed by atoms with Gasteiger partial charge in [0.2, 0.25) is 0 Å². The molecule has 4 rings (SSSR count). The molecule has 0 unspecified atom stereocenters. The first-order valence-electron chi connectivity index (χ1n) is 6.68. The monoisotopic (exact) mass is 256 g/mol. The van der Waals surface area contributed by atoms with E-state index in [-0.39, 0.29) is 0 Å². The molecular formula is C15H16N2S. The van der Waals surface area contributed by atoms with Gasteiger partial charge in [-0.3, -0.25) is 0 Å². The Kier molecular flexibility index (Phi) is 2.49. The predicted molar refractivity (Wildman–Crippen MR) is 75.0 cm³/mol. The van der Waals surface area contributed by atoms with Crippen molar-refractivity contribution in [2.24, 2.45) is 5.92 Å². The molecule has 2 heterocycles. The fourth-order valence-electron chi connectivity index (χ4n) is 3.03. The highest BCUT2D eigenvalue weighted by Gasteiger charge is 2.24. The van der Waals surface area contributed by atoms with Crippen molar-refractivity contribution < 1.29 is 0 Å². The van der Waals surface area contributed by atoms with E-state index in [9.17, 15) is 0 Å². The van der Waals surface area contributed by atoms with Crippen LogP contribution in [0.5, 0.6) is 0 Å². The summed E-state index contributed by atoms with van der Waals surface area (Å²) in [6.07, 6.45) is 3.56. The summed E-state index contributed by atoms with van der Waals surface area (Å²) >= 11 is 1.93. The Morgan fingerprint density at radius 1 is 1.33 bits per heavy atom. The van der Waals surface area contributed by atoms with Gasteiger partial charge in [0.1, 0.15) is 0 Å². The summed E-state index contributed by atoms with van der Waals surface area (Å²) in [5.74, 6) is 0.798. The number of rotatable bonds is 2. The highest BCUT2D eigenvalue weighted by atomic mass is 32.1. The number of thiazole rings is 1. The van der Waals surface area contributed by atoms with E-state index >= 15 is 0 Å². The molecule has 1 aromatic carbocycles. The normalized spacial score (nSPS) is 21.0. The van der Waals surface area contributed by atoms with Crippen LogP contribution in [0.2, 0.25) is 0 Å². The Labute approximate surface area is 111 Å². The maximum absolute atomic E-state index is 4.89. The molecule has 1 aliphatic carbocycles. The molecule has 18 heavy (non-hydrogen) atoms. The van der Waals surface area contributed by atoms with Crippen molar-refractivity contribution in [2.75, 3.05) is 13.1 Å². The number of fused-ring (bicyclic) bond motifs is 3. The van der Waals surface area contributed by atoms with Gasteiger partial charge in [0.15, 0.2) is 0 Å². The largest absolute Gasteiger partial charge is 0.316 e. The van der Waals surface area contributed by atoms with Crippen LogP contribution in [-0.4, -0.2) is 18.1 Å². The quantitative estimate of drug-likeness (QED) is 0.762. The fourth-order valence-corrected chi connectivity index (χ4v) is 4.25. The van der Waals surface area contributed by atoms with Crippen LogP contribution in [0.4, 0.5) is 0 Å². The molecule has 1 atom stereocenters. The first-order valence-corrected chi connectivity index (χ1v) is 7.49. The van der Waals surface area contributed by atoms with Crippen LogP contribution in [0.25, 0.3) is 11.3 Å². The van der Waals surface area contributed by atoms with E-state index in [0.717, 1.165) is 18.8 Å². The standard InChI is InChI=1S/C15H16N2S/c1-2-4-12-11(3-1)8-13-15(12)17-14(18-13)7-10-5-6-16-9-10/h1-4,10,16H,5-9H2/t10-/m1/s1. The van der Waals surface area contributed by atoms with Crippen LogP contribution in [-0.2, 0) is 12.8 Å². The Morgan fingerprint density at radius 3 is 3.17 bits per heavy atom. The molecule has 1 saturated heterocycles. The summed E-state index contributed by atoms with van der Waals surface area (Å²) in [6, 6.07) is 8.68. The third-order valence-electron chi connectivity index (χ3n) is 3.99. The minimum atomic E-state index is 0.798. The number of benzene rings is 1. The molecule has 0 saturated carbocycles. The van der Waals surface area contributed by atoms with Crippen molar-refractivity contribution >= 4 is 11.3 Å². The Bertz CT molecular complexity index is 582. The van der Waals surface area contributed by atoms with Gasteiger partial charge in [-0.25, -0.2) is 4.98 Å². The summed E-state index contributed by atoms with van der Waals surface area (Å²) in [5.41, 5.74) is 4.07. The fraction of sp³-hybridized carbons (Fsp3) is 0.400. The smallest absolute Gasteiger partial charge is 0.0938 e. The van der Waals surface area contributed by atoms with Gasteiger partial charge in [0.25, 0.3) is 0 Å². The summed E-state index contributed by atoms with van der Waals surface area (Å²) in [4.78, 5) is 6.36. The van der Waals surface area contributed by atoms with E-state index in [0.29, 0.717) is 0 Å². The third kappa shape index (κ3) is 1.70. The number of hydrogen-bond acceptors (Lipinski definition) is 3. The van der Waals surface area contributed by atoms with E-state index in [1.165, 1.54) is 46.2 Å². The zero-order chi connectivity index (χ0) is 11.9. The molecule has 2 aliphatic rings. The maximum Gasteiger partial charge on any atom is 0.0938 e. The summed E-state index contributed by atoms with van der Waals surface area (Å²) in [5, 5.41) is 4.77. The van der Waals surface area contributed by atoms with E-state index < -0.39 is 0 Å². The highest BCUT2D eigenvalue weighted by Crippen LogP contribution is 2.39. The van der Waals surface area contributed by atoms with Crippen LogP contribution in [0, 0.1) is 5.92 Å². The van der Waals surface area contributed by atoms with E-state index in [4.69, 9.17) is 4.98 Å². The number of hydrogen-bond donors (Lipinski definition) is 1. The average molecular weight is 256 g/mol. The molecule has 0 amide bonds. The summed E-state index contributed by atoms with van der Waals surface area (Å²) in [7, 11) is 0. The minimum absolute atomic E-state index is 0.798. The molecule has 2 aromatic rings. The van der Waals surface area contributed by atoms with Crippen LogP contribution in [0.3, 0.4) is 0 Å². The maximum atomic E-state index is 4.89. The Morgan fingerprint density at radius 2 is 2.28 bits per heavy atom. The second-order valence-corrected chi connectivity index (χ2v) is 6.44. The lowest BCUT2D eigenvalue weighted by Crippen LogP contribution is -2.10. The molecule has 0 spiro atoms. The molecule has 1 fully saturated rings. The van der Waals surface area contributed by atoms with Crippen LogP contribution < -0.4 is 5.32 Å². The highest BCUT2D eigenvalue weighted by molar-refractivity contribution is 7.12. The lowest BCUT2D eigenvalue weighted by molar-refractivity contribution is 0.578. The van der Waals surface area contributed by atoms with Crippen molar-refractivity contribution in [1.29, 1.82) is 0 Å². The molecule has 92 valence electrons. The van der Waals surface area contributed by atoms with Gasteiger partial charge in [0, 0.05) is 23.3 Å². The predicted octanol–water partition coefficient (Wildman–Crippen LogP) is 2.87. The summed E-state index contributed by atoms with van der Waals surface area (Å²) < 4.78 is 0. The zero-order valence-electron chi connectivity index (χ0n) is 10.3. The molecule has 1 aromatic heterocycles. The average Bonchev–Trinajstić information content (AvgIpc) is 3.05. The Hall–Kier alpha value is -1.19. The topological polar surface area (TPSA) is 24.9 Å². The van der Waals surface area contributed by atoms with Gasteiger partial charge < -0.3 is 5.32 Å². The Balaban J connectivity index is 1.63. The van der Waals surface area contributed by atoms with Crippen molar-refractivity contribution in [3.8, 4) is 11.3 Å². The van der Waals surface area contributed by atoms with Crippen molar-refractivity contribution in [3.05, 3.63) is 39.7 Å². The second-order valence-electron chi connectivity index (χ2n) is 5.28. The zero-order valence-corrected chi connectivity index (χ0v) is 11.1. The van der Waals surface area contributed by atoms with Gasteiger partial charge in [-0.05, 0) is 31.0 Å². The minimum Gasteiger partial charge on any atom is -0.316 e. The van der Waals surface area contributed by atoms with Crippen LogP contribution >= 0.6 is 11.3 Å². The van der Waals surface area contributed by atoms with Crippen LogP contribution in [0.15, 0.2) is 24.3 Å². The molecule has 0 radical (unpaired) electrons. The second kappa shape index (κ2) is 4.18. The van der Waals surface area contributed by atoms with Gasteiger partial charge in [-0.1, -0.05) is 24.3 Å².